The zero-order chi connectivity index (χ0) is 14.6. The molecule has 1 unspecified atom stereocenters. The van der Waals surface area contributed by atoms with Crippen molar-refractivity contribution in [2.75, 3.05) is 17.7 Å². The maximum Gasteiger partial charge on any atom is 0.222 e. The lowest BCUT2D eigenvalue weighted by Gasteiger charge is -2.29. The number of aliphatic hydroxyl groups is 1. The maximum atomic E-state index is 9.67. The number of rotatable bonds is 6. The zero-order valence-electron chi connectivity index (χ0n) is 11.9. The SMILES string of the molecule is CCCCC(C)(CO)Nc1nc(N)nc2cnccc12. The van der Waals surface area contributed by atoms with Crippen LogP contribution in [0.3, 0.4) is 0 Å². The summed E-state index contributed by atoms with van der Waals surface area (Å²) in [5, 5.41) is 13.8. The summed E-state index contributed by atoms with van der Waals surface area (Å²) in [4.78, 5) is 12.5. The number of nitrogen functional groups attached to an aromatic ring is 1. The molecule has 0 saturated carbocycles. The lowest BCUT2D eigenvalue weighted by molar-refractivity contribution is 0.212. The van der Waals surface area contributed by atoms with Crippen LogP contribution >= 0.6 is 0 Å². The minimum absolute atomic E-state index is 0.0312. The summed E-state index contributed by atoms with van der Waals surface area (Å²) in [5.74, 6) is 0.839. The monoisotopic (exact) mass is 275 g/mol. The van der Waals surface area contributed by atoms with E-state index in [2.05, 4.69) is 27.2 Å². The second-order valence-corrected chi connectivity index (χ2v) is 5.27. The molecule has 108 valence electrons. The van der Waals surface area contributed by atoms with Crippen LogP contribution in [-0.2, 0) is 0 Å². The van der Waals surface area contributed by atoms with E-state index >= 15 is 0 Å². The van der Waals surface area contributed by atoms with Crippen molar-refractivity contribution in [3.05, 3.63) is 18.5 Å². The van der Waals surface area contributed by atoms with Gasteiger partial charge < -0.3 is 16.2 Å². The van der Waals surface area contributed by atoms with E-state index in [1.165, 1.54) is 0 Å². The smallest absolute Gasteiger partial charge is 0.222 e. The Balaban J connectivity index is 2.36. The number of nitrogens with zero attached hydrogens (tertiary/aromatic N) is 3. The lowest BCUT2D eigenvalue weighted by atomic mass is 9.95. The van der Waals surface area contributed by atoms with Crippen molar-refractivity contribution in [2.45, 2.75) is 38.6 Å². The molecule has 2 heterocycles. The summed E-state index contributed by atoms with van der Waals surface area (Å²) in [6.07, 6.45) is 6.31. The van der Waals surface area contributed by atoms with Gasteiger partial charge in [0.1, 0.15) is 5.82 Å². The van der Waals surface area contributed by atoms with Crippen molar-refractivity contribution in [1.82, 2.24) is 15.0 Å². The van der Waals surface area contributed by atoms with Gasteiger partial charge in [-0.25, -0.2) is 4.98 Å². The Hall–Kier alpha value is -1.95. The summed E-state index contributed by atoms with van der Waals surface area (Å²) in [7, 11) is 0. The molecular formula is C14H21N5O. The molecule has 0 amide bonds. The van der Waals surface area contributed by atoms with Crippen molar-refractivity contribution in [2.24, 2.45) is 0 Å². The highest BCUT2D eigenvalue weighted by Gasteiger charge is 2.24. The van der Waals surface area contributed by atoms with Gasteiger partial charge in [0, 0.05) is 11.6 Å². The summed E-state index contributed by atoms with van der Waals surface area (Å²) >= 11 is 0. The second kappa shape index (κ2) is 6.00. The summed E-state index contributed by atoms with van der Waals surface area (Å²) in [6.45, 7) is 4.14. The highest BCUT2D eigenvalue weighted by Crippen LogP contribution is 2.25. The molecule has 20 heavy (non-hydrogen) atoms. The molecule has 0 aliphatic rings. The van der Waals surface area contributed by atoms with E-state index < -0.39 is 5.54 Å². The number of anilines is 2. The van der Waals surface area contributed by atoms with Crippen LogP contribution in [-0.4, -0.2) is 32.2 Å². The summed E-state index contributed by atoms with van der Waals surface area (Å²) in [6, 6.07) is 1.84. The quantitative estimate of drug-likeness (QED) is 0.745. The molecule has 1 atom stereocenters. The first-order valence-corrected chi connectivity index (χ1v) is 6.84. The van der Waals surface area contributed by atoms with Crippen molar-refractivity contribution in [3.63, 3.8) is 0 Å². The molecule has 2 rings (SSSR count). The molecule has 0 bridgehead atoms. The van der Waals surface area contributed by atoms with Gasteiger partial charge in [-0.15, -0.1) is 0 Å². The molecule has 2 aromatic rings. The Kier molecular flexibility index (Phi) is 4.34. The van der Waals surface area contributed by atoms with Gasteiger partial charge in [0.25, 0.3) is 0 Å². The van der Waals surface area contributed by atoms with Crippen molar-refractivity contribution in [3.8, 4) is 0 Å². The predicted octanol–water partition coefficient (Wildman–Crippen LogP) is 1.96. The number of nitrogens with one attached hydrogen (secondary N) is 1. The van der Waals surface area contributed by atoms with Crippen LogP contribution < -0.4 is 11.1 Å². The number of pyridine rings is 1. The Labute approximate surface area is 118 Å². The van der Waals surface area contributed by atoms with E-state index in [0.717, 1.165) is 24.6 Å². The molecule has 4 N–H and O–H groups in total. The molecule has 0 aliphatic heterocycles. The van der Waals surface area contributed by atoms with E-state index in [1.54, 1.807) is 12.4 Å². The van der Waals surface area contributed by atoms with E-state index in [0.29, 0.717) is 11.3 Å². The normalized spacial score (nSPS) is 14.2. The third kappa shape index (κ3) is 3.14. The molecule has 2 aromatic heterocycles. The fraction of sp³-hybridized carbons (Fsp3) is 0.500. The van der Waals surface area contributed by atoms with Crippen LogP contribution in [0.5, 0.6) is 0 Å². The van der Waals surface area contributed by atoms with Crippen LogP contribution in [0.2, 0.25) is 0 Å². The number of aromatic nitrogens is 3. The van der Waals surface area contributed by atoms with Crippen LogP contribution in [0.15, 0.2) is 18.5 Å². The van der Waals surface area contributed by atoms with Gasteiger partial charge in [-0.05, 0) is 19.4 Å². The first kappa shape index (κ1) is 14.5. The van der Waals surface area contributed by atoms with Gasteiger partial charge in [-0.2, -0.15) is 4.98 Å². The highest BCUT2D eigenvalue weighted by atomic mass is 16.3. The van der Waals surface area contributed by atoms with Gasteiger partial charge in [0.15, 0.2) is 0 Å². The number of hydrogen-bond donors (Lipinski definition) is 3. The standard InChI is InChI=1S/C14H21N5O/c1-3-4-6-14(2,9-20)19-12-10-5-7-16-8-11(10)17-13(15)18-12/h5,7-8,20H,3-4,6,9H2,1-2H3,(H3,15,17,18,19). The molecule has 0 fully saturated rings. The van der Waals surface area contributed by atoms with Crippen molar-refractivity contribution >= 4 is 22.7 Å². The maximum absolute atomic E-state index is 9.67. The number of fused-ring (bicyclic) bond motifs is 1. The second-order valence-electron chi connectivity index (χ2n) is 5.27. The van der Waals surface area contributed by atoms with Gasteiger partial charge in [-0.3, -0.25) is 4.98 Å². The van der Waals surface area contributed by atoms with Crippen LogP contribution in [0.4, 0.5) is 11.8 Å². The van der Waals surface area contributed by atoms with Gasteiger partial charge >= 0.3 is 0 Å². The van der Waals surface area contributed by atoms with Crippen molar-refractivity contribution < 1.29 is 5.11 Å². The summed E-state index contributed by atoms with van der Waals surface area (Å²) < 4.78 is 0. The van der Waals surface area contributed by atoms with Crippen LogP contribution in [0, 0.1) is 0 Å². The average molecular weight is 275 g/mol. The Morgan fingerprint density at radius 1 is 1.40 bits per heavy atom. The van der Waals surface area contributed by atoms with Crippen LogP contribution in [0.25, 0.3) is 10.9 Å². The van der Waals surface area contributed by atoms with E-state index in [1.807, 2.05) is 13.0 Å². The van der Waals surface area contributed by atoms with Gasteiger partial charge in [0.2, 0.25) is 5.95 Å². The van der Waals surface area contributed by atoms with Gasteiger partial charge in [-0.1, -0.05) is 19.8 Å². The topological polar surface area (TPSA) is 97.0 Å². The molecule has 0 saturated heterocycles. The summed E-state index contributed by atoms with van der Waals surface area (Å²) in [5.41, 5.74) is 6.00. The van der Waals surface area contributed by atoms with E-state index in [-0.39, 0.29) is 12.6 Å². The molecule has 6 nitrogen and oxygen atoms in total. The third-order valence-corrected chi connectivity index (χ3v) is 3.37. The van der Waals surface area contributed by atoms with E-state index in [9.17, 15) is 5.11 Å². The average Bonchev–Trinajstić information content (AvgIpc) is 2.45. The van der Waals surface area contributed by atoms with Gasteiger partial charge in [0.05, 0.1) is 23.9 Å². The fourth-order valence-corrected chi connectivity index (χ4v) is 2.13. The number of hydrogen-bond acceptors (Lipinski definition) is 6. The molecule has 6 heteroatoms. The molecule has 0 radical (unpaired) electrons. The van der Waals surface area contributed by atoms with Crippen molar-refractivity contribution in [1.29, 1.82) is 0 Å². The molecule has 0 aliphatic carbocycles. The molecular weight excluding hydrogens is 254 g/mol. The number of unbranched alkanes of at least 4 members (excludes halogenated alkanes) is 1. The lowest BCUT2D eigenvalue weighted by Crippen LogP contribution is -2.39. The molecule has 0 aromatic carbocycles. The van der Waals surface area contributed by atoms with Crippen LogP contribution in [0.1, 0.15) is 33.1 Å². The Morgan fingerprint density at radius 2 is 2.20 bits per heavy atom. The first-order valence-electron chi connectivity index (χ1n) is 6.84. The third-order valence-electron chi connectivity index (χ3n) is 3.37. The zero-order valence-corrected chi connectivity index (χ0v) is 11.9. The number of aliphatic hydroxyl groups excluding tert-OH is 1. The Bertz CT molecular complexity index is 589. The largest absolute Gasteiger partial charge is 0.394 e. The Morgan fingerprint density at radius 3 is 2.90 bits per heavy atom. The highest BCUT2D eigenvalue weighted by molar-refractivity contribution is 5.89. The number of nitrogens with two attached hydrogens (primary N) is 1. The fourth-order valence-electron chi connectivity index (χ4n) is 2.13. The predicted molar refractivity (Wildman–Crippen MR) is 80.4 cm³/mol. The first-order chi connectivity index (χ1) is 9.58. The molecule has 0 spiro atoms. The van der Waals surface area contributed by atoms with E-state index in [4.69, 9.17) is 5.73 Å². The minimum atomic E-state index is -0.424. The minimum Gasteiger partial charge on any atom is -0.394 e.